The van der Waals surface area contributed by atoms with E-state index in [9.17, 15) is 5.11 Å². The summed E-state index contributed by atoms with van der Waals surface area (Å²) in [5.74, 6) is -0.111. The number of rotatable bonds is 6. The Morgan fingerprint density at radius 1 is 1.00 bits per heavy atom. The molecule has 2 aromatic carbocycles. The van der Waals surface area contributed by atoms with Gasteiger partial charge in [0.25, 0.3) is 0 Å². The van der Waals surface area contributed by atoms with Gasteiger partial charge < -0.3 is 16.0 Å². The fraction of sp³-hybridized carbons (Fsp3) is 0.333. The zero-order valence-corrected chi connectivity index (χ0v) is 17.4. The molecule has 1 aliphatic rings. The third-order valence-electron chi connectivity index (χ3n) is 5.18. The first-order valence-corrected chi connectivity index (χ1v) is 9.74. The minimum atomic E-state index is -1.66. The van der Waals surface area contributed by atoms with Crippen molar-refractivity contribution in [2.45, 2.75) is 23.3 Å². The molecule has 0 aromatic heterocycles. The highest BCUT2D eigenvalue weighted by molar-refractivity contribution is 6.45. The van der Waals surface area contributed by atoms with Crippen LogP contribution in [0.25, 0.3) is 10.8 Å². The van der Waals surface area contributed by atoms with E-state index in [0.29, 0.717) is 5.56 Å². The number of alkyl halides is 2. The highest BCUT2D eigenvalue weighted by atomic mass is 35.5. The summed E-state index contributed by atoms with van der Waals surface area (Å²) in [4.78, 5) is -1.08. The van der Waals surface area contributed by atoms with Crippen molar-refractivity contribution in [3.05, 3.63) is 70.7 Å². The van der Waals surface area contributed by atoms with Gasteiger partial charge in [0.1, 0.15) is 4.84 Å². The topological polar surface area (TPSA) is 56.0 Å². The highest BCUT2D eigenvalue weighted by Gasteiger charge is 2.39. The lowest BCUT2D eigenvalue weighted by molar-refractivity contribution is -0.00495. The highest BCUT2D eigenvalue weighted by Crippen LogP contribution is 2.44. The van der Waals surface area contributed by atoms with Gasteiger partial charge in [-0.25, -0.2) is 5.11 Å². The van der Waals surface area contributed by atoms with Gasteiger partial charge in [0.15, 0.2) is 5.60 Å². The van der Waals surface area contributed by atoms with Gasteiger partial charge in [-0.05, 0) is 29.3 Å². The van der Waals surface area contributed by atoms with Crippen LogP contribution in [0.2, 0.25) is 0 Å². The second-order valence-electron chi connectivity index (χ2n) is 6.76. The number of benzene rings is 2. The predicted octanol–water partition coefficient (Wildman–Crippen LogP) is 4.14. The van der Waals surface area contributed by atoms with Crippen LogP contribution in [0.5, 0.6) is 0 Å². The van der Waals surface area contributed by atoms with Gasteiger partial charge in [0.05, 0.1) is 11.4 Å². The summed E-state index contributed by atoms with van der Waals surface area (Å²) < 4.78 is 0. The summed E-state index contributed by atoms with van der Waals surface area (Å²) in [6.07, 6.45) is 2.11. The molecule has 4 nitrogen and oxygen atoms in total. The summed E-state index contributed by atoms with van der Waals surface area (Å²) in [5, 5.41) is 25.2. The molecule has 3 N–H and O–H groups in total. The number of likely N-dealkylation sites (N-methyl/N-ethyl adjacent to an activating group) is 3. The lowest BCUT2D eigenvalue weighted by Crippen LogP contribution is -2.30. The molecule has 0 heterocycles. The van der Waals surface area contributed by atoms with E-state index in [0.717, 1.165) is 33.4 Å². The lowest BCUT2D eigenvalue weighted by Gasteiger charge is -2.29. The average Bonchev–Trinajstić information content (AvgIpc) is 3.04. The Bertz CT molecular complexity index is 919. The third-order valence-corrected chi connectivity index (χ3v) is 6.01. The van der Waals surface area contributed by atoms with Gasteiger partial charge in [-0.3, -0.25) is 0 Å². The normalized spacial score (nSPS) is 19.3. The smallest absolute Gasteiger partial charge is 0.156 e. The molecule has 3 rings (SSSR count). The summed E-state index contributed by atoms with van der Waals surface area (Å²) in [7, 11) is 5.65. The van der Waals surface area contributed by atoms with Gasteiger partial charge in [-0.2, -0.15) is 0 Å². The number of halogens is 2. The van der Waals surface area contributed by atoms with Gasteiger partial charge in [-0.1, -0.05) is 36.4 Å². The second-order valence-corrected chi connectivity index (χ2v) is 7.85. The number of nitrogens with one attached hydrogen (secondary N) is 3. The van der Waals surface area contributed by atoms with E-state index in [2.05, 4.69) is 22.0 Å². The van der Waals surface area contributed by atoms with Crippen molar-refractivity contribution in [3.63, 3.8) is 0 Å². The summed E-state index contributed by atoms with van der Waals surface area (Å²) in [5.41, 5.74) is 2.83. The van der Waals surface area contributed by atoms with E-state index < -0.39 is 10.4 Å². The minimum absolute atomic E-state index is 0.111. The molecular formula is C21H24Cl2N3O. The average molecular weight is 405 g/mol. The van der Waals surface area contributed by atoms with E-state index in [1.807, 2.05) is 57.5 Å². The number of hydrogen-bond acceptors (Lipinski definition) is 3. The minimum Gasteiger partial charge on any atom is -0.389 e. The summed E-state index contributed by atoms with van der Waals surface area (Å²) in [6, 6.07) is 11.9. The molecule has 0 saturated heterocycles. The summed E-state index contributed by atoms with van der Waals surface area (Å²) >= 11 is 12.3. The van der Waals surface area contributed by atoms with Crippen LogP contribution in [0.4, 0.5) is 0 Å². The van der Waals surface area contributed by atoms with Crippen molar-refractivity contribution in [2.24, 2.45) is 0 Å². The molecule has 143 valence electrons. The van der Waals surface area contributed by atoms with Crippen molar-refractivity contribution < 1.29 is 5.11 Å². The molecule has 0 saturated carbocycles. The van der Waals surface area contributed by atoms with Crippen LogP contribution in [0.1, 0.15) is 24.0 Å². The first kappa shape index (κ1) is 19.9. The Labute approximate surface area is 170 Å². The molecule has 2 aromatic rings. The molecule has 27 heavy (non-hydrogen) atoms. The maximum Gasteiger partial charge on any atom is 0.156 e. The summed E-state index contributed by atoms with van der Waals surface area (Å²) in [6.45, 7) is 1.56. The zero-order valence-electron chi connectivity index (χ0n) is 15.9. The Hall–Kier alpha value is -1.88. The van der Waals surface area contributed by atoms with E-state index in [1.54, 1.807) is 6.92 Å². The van der Waals surface area contributed by atoms with Gasteiger partial charge in [-0.15, -0.1) is 23.2 Å². The molecule has 0 fully saturated rings. The first-order chi connectivity index (χ1) is 12.9. The second kappa shape index (κ2) is 7.63. The fourth-order valence-electron chi connectivity index (χ4n) is 3.85. The first-order valence-electron chi connectivity index (χ1n) is 8.87. The van der Waals surface area contributed by atoms with Gasteiger partial charge >= 0.3 is 0 Å². The van der Waals surface area contributed by atoms with Crippen LogP contribution in [-0.2, 0) is 10.7 Å². The molecule has 0 spiro atoms. The van der Waals surface area contributed by atoms with Crippen LogP contribution >= 0.6 is 23.2 Å². The van der Waals surface area contributed by atoms with Gasteiger partial charge in [0, 0.05) is 38.3 Å². The van der Waals surface area contributed by atoms with E-state index in [-0.39, 0.29) is 5.92 Å². The molecule has 1 aliphatic carbocycles. The van der Waals surface area contributed by atoms with E-state index in [4.69, 9.17) is 23.2 Å². The van der Waals surface area contributed by atoms with Crippen molar-refractivity contribution in [1.82, 2.24) is 16.0 Å². The number of fused-ring (bicyclic) bond motifs is 1. The van der Waals surface area contributed by atoms with Crippen LogP contribution in [0, 0.1) is 0 Å². The van der Waals surface area contributed by atoms with Crippen LogP contribution in [-0.4, -0.2) is 26.0 Å². The SMILES string of the molecule is CNC1=CC(c2ccc3ccccc3c2C(C)([O])C(Cl)Cl)C(NC)=C1NC. The maximum atomic E-state index is 13.5. The van der Waals surface area contributed by atoms with Gasteiger partial charge in [0.2, 0.25) is 0 Å². The fourth-order valence-corrected chi connectivity index (χ4v) is 4.07. The molecule has 6 heteroatoms. The molecule has 2 unspecified atom stereocenters. The standard InChI is InChI=1S/C21H24Cl2N3O/c1-21(27,20(22)23)17-13-8-6-5-7-12(13)9-10-14(17)15-11-16(24-2)19(26-4)18(15)25-3/h5-11,15,20,24-26H,1-4H3. The van der Waals surface area contributed by atoms with Crippen molar-refractivity contribution in [3.8, 4) is 0 Å². The molecule has 0 amide bonds. The monoisotopic (exact) mass is 404 g/mol. The maximum absolute atomic E-state index is 13.5. The zero-order chi connectivity index (χ0) is 19.8. The third kappa shape index (κ3) is 3.27. The Kier molecular flexibility index (Phi) is 5.61. The van der Waals surface area contributed by atoms with Crippen LogP contribution < -0.4 is 16.0 Å². The Balaban J connectivity index is 2.33. The van der Waals surface area contributed by atoms with E-state index >= 15 is 0 Å². The lowest BCUT2D eigenvalue weighted by atomic mass is 9.82. The van der Waals surface area contributed by atoms with Crippen molar-refractivity contribution in [2.75, 3.05) is 21.1 Å². The molecule has 2 atom stereocenters. The van der Waals surface area contributed by atoms with E-state index in [1.165, 1.54) is 0 Å². The number of hydrogen-bond donors (Lipinski definition) is 3. The Morgan fingerprint density at radius 3 is 2.30 bits per heavy atom. The van der Waals surface area contributed by atoms with Crippen LogP contribution in [0.15, 0.2) is 59.6 Å². The Morgan fingerprint density at radius 2 is 1.70 bits per heavy atom. The van der Waals surface area contributed by atoms with Crippen molar-refractivity contribution in [1.29, 1.82) is 0 Å². The number of allylic oxidation sites excluding steroid dienone is 1. The van der Waals surface area contributed by atoms with Crippen LogP contribution in [0.3, 0.4) is 0 Å². The quantitative estimate of drug-likeness (QED) is 0.634. The largest absolute Gasteiger partial charge is 0.389 e. The molecule has 1 radical (unpaired) electrons. The van der Waals surface area contributed by atoms with Crippen molar-refractivity contribution >= 4 is 34.0 Å². The molecule has 0 aliphatic heterocycles. The molecular weight excluding hydrogens is 381 g/mol. The predicted molar refractivity (Wildman–Crippen MR) is 113 cm³/mol. The molecule has 0 bridgehead atoms.